The Labute approximate surface area is 126 Å². The Kier molecular flexibility index (Phi) is 4.24. The number of carboxylic acids is 1. The molecule has 2 rings (SSSR count). The monoisotopic (exact) mass is 359 g/mol. The molecule has 19 heavy (non-hydrogen) atoms. The second kappa shape index (κ2) is 5.73. The summed E-state index contributed by atoms with van der Waals surface area (Å²) in [5.41, 5.74) is 0.530. The molecule has 0 aliphatic rings. The van der Waals surface area contributed by atoms with Crippen molar-refractivity contribution in [1.82, 2.24) is 0 Å². The van der Waals surface area contributed by atoms with Crippen LogP contribution in [0.1, 0.15) is 19.3 Å². The van der Waals surface area contributed by atoms with Crippen LogP contribution >= 0.6 is 38.9 Å². The van der Waals surface area contributed by atoms with Crippen molar-refractivity contribution in [2.75, 3.05) is 5.32 Å². The van der Waals surface area contributed by atoms with Crippen molar-refractivity contribution in [3.8, 4) is 0 Å². The molecule has 0 saturated carbocycles. The summed E-state index contributed by atoms with van der Waals surface area (Å²) >= 11 is 10.1. The van der Waals surface area contributed by atoms with Gasteiger partial charge in [0.1, 0.15) is 4.88 Å². The topological polar surface area (TPSA) is 66.4 Å². The van der Waals surface area contributed by atoms with E-state index in [1.54, 1.807) is 18.2 Å². The smallest absolute Gasteiger partial charge is 0.345 e. The van der Waals surface area contributed by atoms with Crippen molar-refractivity contribution in [1.29, 1.82) is 0 Å². The molecule has 0 unspecified atom stereocenters. The van der Waals surface area contributed by atoms with Gasteiger partial charge in [0.25, 0.3) is 5.91 Å². The second-order valence-corrected chi connectivity index (χ2v) is 5.81. The molecule has 0 aliphatic heterocycles. The van der Waals surface area contributed by atoms with Crippen molar-refractivity contribution in [2.45, 2.75) is 0 Å². The highest BCUT2D eigenvalue weighted by Gasteiger charge is 2.14. The van der Waals surface area contributed by atoms with E-state index in [9.17, 15) is 9.59 Å². The highest BCUT2D eigenvalue weighted by atomic mass is 79.9. The Hall–Kier alpha value is -1.37. The minimum absolute atomic E-state index is 0.121. The fourth-order valence-corrected chi connectivity index (χ4v) is 2.64. The molecule has 7 heteroatoms. The Morgan fingerprint density at radius 1 is 1.21 bits per heavy atom. The summed E-state index contributed by atoms with van der Waals surface area (Å²) in [6, 6.07) is 7.96. The molecule has 1 aromatic heterocycles. The molecular weight excluding hydrogens is 354 g/mol. The van der Waals surface area contributed by atoms with Crippen molar-refractivity contribution in [3.63, 3.8) is 0 Å². The van der Waals surface area contributed by atoms with E-state index >= 15 is 0 Å². The third-order valence-electron chi connectivity index (χ3n) is 2.24. The van der Waals surface area contributed by atoms with Crippen LogP contribution < -0.4 is 5.32 Å². The third-order valence-corrected chi connectivity index (χ3v) is 4.71. The van der Waals surface area contributed by atoms with Crippen LogP contribution in [-0.2, 0) is 0 Å². The Bertz CT molecular complexity index is 656. The number of carbonyl (C=O) groups excluding carboxylic acids is 1. The number of hydrogen-bond donors (Lipinski definition) is 2. The number of amides is 1. The number of benzene rings is 1. The van der Waals surface area contributed by atoms with Crippen LogP contribution in [0.5, 0.6) is 0 Å². The SMILES string of the molecule is O=C(O)c1ccc(C(=O)Nc2cccc(Cl)c2Br)s1. The van der Waals surface area contributed by atoms with Gasteiger partial charge in [0.15, 0.2) is 0 Å². The molecule has 0 radical (unpaired) electrons. The van der Waals surface area contributed by atoms with E-state index in [1.807, 2.05) is 0 Å². The largest absolute Gasteiger partial charge is 0.477 e. The molecule has 2 N–H and O–H groups in total. The maximum atomic E-state index is 12.0. The van der Waals surface area contributed by atoms with Crippen molar-refractivity contribution in [3.05, 3.63) is 49.6 Å². The molecular formula is C12H7BrClNO3S. The molecule has 0 aliphatic carbocycles. The lowest BCUT2D eigenvalue weighted by Crippen LogP contribution is -2.10. The van der Waals surface area contributed by atoms with E-state index in [0.717, 1.165) is 11.3 Å². The number of aromatic carboxylic acids is 1. The van der Waals surface area contributed by atoms with Crippen LogP contribution in [0.25, 0.3) is 0 Å². The van der Waals surface area contributed by atoms with E-state index in [2.05, 4.69) is 21.2 Å². The first-order valence-electron chi connectivity index (χ1n) is 5.07. The van der Waals surface area contributed by atoms with Crippen molar-refractivity contribution < 1.29 is 14.7 Å². The molecule has 2 aromatic rings. The average Bonchev–Trinajstić information content (AvgIpc) is 2.84. The highest BCUT2D eigenvalue weighted by Crippen LogP contribution is 2.30. The summed E-state index contributed by atoms with van der Waals surface area (Å²) in [4.78, 5) is 23.1. The molecule has 0 fully saturated rings. The summed E-state index contributed by atoms with van der Waals surface area (Å²) in [6.45, 7) is 0. The lowest BCUT2D eigenvalue weighted by Gasteiger charge is -2.06. The maximum Gasteiger partial charge on any atom is 0.345 e. The van der Waals surface area contributed by atoms with Crippen molar-refractivity contribution >= 4 is 56.4 Å². The lowest BCUT2D eigenvalue weighted by molar-refractivity contribution is 0.0702. The Morgan fingerprint density at radius 2 is 1.89 bits per heavy atom. The van der Waals surface area contributed by atoms with Gasteiger partial charge in [0, 0.05) is 0 Å². The van der Waals surface area contributed by atoms with E-state index in [-0.39, 0.29) is 10.8 Å². The fraction of sp³-hybridized carbons (Fsp3) is 0. The van der Waals surface area contributed by atoms with Gasteiger partial charge < -0.3 is 10.4 Å². The van der Waals surface area contributed by atoms with Gasteiger partial charge in [-0.3, -0.25) is 4.79 Å². The molecule has 98 valence electrons. The molecule has 0 bridgehead atoms. The number of hydrogen-bond acceptors (Lipinski definition) is 3. The quantitative estimate of drug-likeness (QED) is 0.865. The molecule has 1 amide bonds. The molecule has 0 saturated heterocycles. The molecule has 1 aromatic carbocycles. The van der Waals surface area contributed by atoms with Gasteiger partial charge in [-0.25, -0.2) is 4.79 Å². The number of carbonyl (C=O) groups is 2. The highest BCUT2D eigenvalue weighted by molar-refractivity contribution is 9.10. The van der Waals surface area contributed by atoms with Gasteiger partial charge in [-0.05, 0) is 40.2 Å². The van der Waals surface area contributed by atoms with E-state index in [4.69, 9.17) is 16.7 Å². The van der Waals surface area contributed by atoms with Crippen LogP contribution in [0.2, 0.25) is 5.02 Å². The Balaban J connectivity index is 2.21. The van der Waals surface area contributed by atoms with Crippen LogP contribution in [0.4, 0.5) is 5.69 Å². The number of thiophene rings is 1. The summed E-state index contributed by atoms with van der Waals surface area (Å²) in [5.74, 6) is -1.42. The zero-order valence-electron chi connectivity index (χ0n) is 9.31. The number of nitrogens with one attached hydrogen (secondary N) is 1. The van der Waals surface area contributed by atoms with Crippen LogP contribution in [-0.4, -0.2) is 17.0 Å². The maximum absolute atomic E-state index is 12.0. The van der Waals surface area contributed by atoms with Gasteiger partial charge in [-0.15, -0.1) is 11.3 Å². The predicted molar refractivity (Wildman–Crippen MR) is 78.4 cm³/mol. The third kappa shape index (κ3) is 3.15. The summed E-state index contributed by atoms with van der Waals surface area (Å²) in [6.07, 6.45) is 0. The molecule has 1 heterocycles. The molecule has 0 atom stereocenters. The summed E-state index contributed by atoms with van der Waals surface area (Å²) in [7, 11) is 0. The first kappa shape index (κ1) is 14.0. The van der Waals surface area contributed by atoms with Gasteiger partial charge in [0.2, 0.25) is 0 Å². The number of halogens is 2. The van der Waals surface area contributed by atoms with Crippen LogP contribution in [0.15, 0.2) is 34.8 Å². The van der Waals surface area contributed by atoms with E-state index < -0.39 is 5.97 Å². The lowest BCUT2D eigenvalue weighted by atomic mass is 10.3. The zero-order chi connectivity index (χ0) is 14.0. The van der Waals surface area contributed by atoms with Crippen LogP contribution in [0, 0.1) is 0 Å². The summed E-state index contributed by atoms with van der Waals surface area (Å²) < 4.78 is 0.583. The minimum Gasteiger partial charge on any atom is -0.477 e. The van der Waals surface area contributed by atoms with E-state index in [0.29, 0.717) is 20.1 Å². The average molecular weight is 361 g/mol. The molecule has 4 nitrogen and oxygen atoms in total. The summed E-state index contributed by atoms with van der Waals surface area (Å²) in [5, 5.41) is 12.0. The standard InChI is InChI=1S/C12H7BrClNO3S/c13-10-6(14)2-1-3-7(10)15-11(16)8-4-5-9(19-8)12(17)18/h1-5H,(H,15,16)(H,17,18). The fourth-order valence-electron chi connectivity index (χ4n) is 1.36. The van der Waals surface area contributed by atoms with Gasteiger partial charge >= 0.3 is 5.97 Å². The number of carboxylic acid groups (broad SMARTS) is 1. The minimum atomic E-state index is -1.05. The zero-order valence-corrected chi connectivity index (χ0v) is 12.5. The van der Waals surface area contributed by atoms with Crippen molar-refractivity contribution in [2.24, 2.45) is 0 Å². The van der Waals surface area contributed by atoms with Gasteiger partial charge in [-0.2, -0.15) is 0 Å². The predicted octanol–water partition coefficient (Wildman–Crippen LogP) is 4.11. The van der Waals surface area contributed by atoms with Gasteiger partial charge in [-0.1, -0.05) is 17.7 Å². The molecule has 0 spiro atoms. The van der Waals surface area contributed by atoms with Crippen LogP contribution in [0.3, 0.4) is 0 Å². The first-order chi connectivity index (χ1) is 8.99. The number of rotatable bonds is 3. The Morgan fingerprint density at radius 3 is 2.53 bits per heavy atom. The second-order valence-electron chi connectivity index (χ2n) is 3.52. The normalized spacial score (nSPS) is 10.2. The van der Waals surface area contributed by atoms with E-state index in [1.165, 1.54) is 12.1 Å². The first-order valence-corrected chi connectivity index (χ1v) is 7.06. The van der Waals surface area contributed by atoms with Gasteiger partial charge in [0.05, 0.1) is 20.1 Å². The number of anilines is 1.